The van der Waals surface area contributed by atoms with Crippen LogP contribution in [0.3, 0.4) is 0 Å². The number of hydrogen-bond donors (Lipinski definition) is 1. The molecule has 0 aliphatic rings. The zero-order valence-electron chi connectivity index (χ0n) is 12.0. The van der Waals surface area contributed by atoms with Crippen molar-refractivity contribution in [3.63, 3.8) is 0 Å². The number of rotatable bonds is 5. The van der Waals surface area contributed by atoms with Gasteiger partial charge in [-0.2, -0.15) is 13.2 Å². The molecule has 1 aromatic heterocycles. The average Bonchev–Trinajstić information content (AvgIpc) is 2.43. The Balaban J connectivity index is 2.53. The van der Waals surface area contributed by atoms with Gasteiger partial charge in [0.25, 0.3) is 0 Å². The van der Waals surface area contributed by atoms with E-state index in [1.807, 2.05) is 18.2 Å². The highest BCUT2D eigenvalue weighted by Gasteiger charge is 2.31. The first-order chi connectivity index (χ1) is 9.94. The minimum absolute atomic E-state index is 0.284. The summed E-state index contributed by atoms with van der Waals surface area (Å²) in [7, 11) is 1.78. The number of nitrogens with one attached hydrogen (secondary N) is 1. The number of benzene rings is 1. The highest BCUT2D eigenvalue weighted by molar-refractivity contribution is 5.92. The summed E-state index contributed by atoms with van der Waals surface area (Å²) >= 11 is 0. The molecule has 2 aromatic rings. The number of anilines is 1. The Morgan fingerprint density at radius 1 is 1.24 bits per heavy atom. The number of hydrogen-bond acceptors (Lipinski definition) is 3. The number of pyridine rings is 1. The van der Waals surface area contributed by atoms with Crippen LogP contribution >= 0.6 is 0 Å². The zero-order chi connectivity index (χ0) is 15.5. The third-order valence-corrected chi connectivity index (χ3v) is 3.20. The number of halogens is 3. The van der Waals surface area contributed by atoms with Gasteiger partial charge in [-0.15, -0.1) is 0 Å². The Labute approximate surface area is 121 Å². The lowest BCUT2D eigenvalue weighted by Gasteiger charge is -2.26. The van der Waals surface area contributed by atoms with Gasteiger partial charge in [0.2, 0.25) is 0 Å². The maximum absolute atomic E-state index is 12.8. The summed E-state index contributed by atoms with van der Waals surface area (Å²) < 4.78 is 38.3. The predicted octanol–water partition coefficient (Wildman–Crippen LogP) is 3.34. The van der Waals surface area contributed by atoms with E-state index in [4.69, 9.17) is 0 Å². The zero-order valence-corrected chi connectivity index (χ0v) is 12.0. The van der Waals surface area contributed by atoms with Crippen LogP contribution in [0.15, 0.2) is 30.3 Å². The topological polar surface area (TPSA) is 28.2 Å². The molecular weight excluding hydrogens is 279 g/mol. The first-order valence-corrected chi connectivity index (χ1v) is 6.79. The summed E-state index contributed by atoms with van der Waals surface area (Å²) in [4.78, 5) is 5.80. The van der Waals surface area contributed by atoms with Gasteiger partial charge in [0, 0.05) is 24.2 Å². The molecule has 3 nitrogen and oxygen atoms in total. The van der Waals surface area contributed by atoms with Gasteiger partial charge < -0.3 is 10.2 Å². The second-order valence-electron chi connectivity index (χ2n) is 4.81. The maximum atomic E-state index is 12.8. The molecule has 6 heteroatoms. The molecule has 0 aliphatic heterocycles. The summed E-state index contributed by atoms with van der Waals surface area (Å²) in [5.74, 6) is 0. The van der Waals surface area contributed by atoms with Gasteiger partial charge in [0.05, 0.1) is 11.2 Å². The second kappa shape index (κ2) is 6.30. The number of aromatic nitrogens is 1. The lowest BCUT2D eigenvalue weighted by Crippen LogP contribution is -2.34. The Hall–Kier alpha value is -1.82. The Morgan fingerprint density at radius 2 is 1.95 bits per heavy atom. The van der Waals surface area contributed by atoms with E-state index in [2.05, 4.69) is 10.3 Å². The van der Waals surface area contributed by atoms with E-state index in [9.17, 15) is 13.2 Å². The fourth-order valence-corrected chi connectivity index (χ4v) is 2.33. The summed E-state index contributed by atoms with van der Waals surface area (Å²) in [6.45, 7) is 1.56. The van der Waals surface area contributed by atoms with E-state index >= 15 is 0 Å². The van der Waals surface area contributed by atoms with E-state index in [0.717, 1.165) is 11.1 Å². The fraction of sp³-hybridized carbons (Fsp3) is 0.400. The Bertz CT molecular complexity index is 611. The van der Waals surface area contributed by atoms with Crippen molar-refractivity contribution in [2.45, 2.75) is 19.6 Å². The lowest BCUT2D eigenvalue weighted by atomic mass is 10.1. The van der Waals surface area contributed by atoms with E-state index in [1.54, 1.807) is 26.1 Å². The third kappa shape index (κ3) is 3.85. The average molecular weight is 297 g/mol. The lowest BCUT2D eigenvalue weighted by molar-refractivity contribution is -0.119. The van der Waals surface area contributed by atoms with Crippen molar-refractivity contribution in [3.8, 4) is 0 Å². The van der Waals surface area contributed by atoms with Gasteiger partial charge in [-0.05, 0) is 26.1 Å². The molecule has 0 aliphatic carbocycles. The highest BCUT2D eigenvalue weighted by atomic mass is 19.4. The van der Waals surface area contributed by atoms with Gasteiger partial charge in [-0.3, -0.25) is 4.98 Å². The van der Waals surface area contributed by atoms with E-state index in [-0.39, 0.29) is 6.54 Å². The molecule has 0 fully saturated rings. The van der Waals surface area contributed by atoms with Gasteiger partial charge in [0.1, 0.15) is 6.54 Å². The van der Waals surface area contributed by atoms with E-state index < -0.39 is 12.7 Å². The molecule has 0 saturated carbocycles. The number of nitrogens with zero attached hydrogens (tertiary/aromatic N) is 2. The Kier molecular flexibility index (Phi) is 4.67. The SMILES string of the molecule is CCN(CC(F)(F)F)c1cc(CNC)nc2ccccc12. The van der Waals surface area contributed by atoms with E-state index in [1.165, 1.54) is 4.90 Å². The highest BCUT2D eigenvalue weighted by Crippen LogP contribution is 2.29. The fourth-order valence-electron chi connectivity index (χ4n) is 2.33. The van der Waals surface area contributed by atoms with Crippen LogP contribution < -0.4 is 10.2 Å². The van der Waals surface area contributed by atoms with Crippen LogP contribution in [0.2, 0.25) is 0 Å². The van der Waals surface area contributed by atoms with Crippen LogP contribution in [0.5, 0.6) is 0 Å². The number of alkyl halides is 3. The van der Waals surface area contributed by atoms with Crippen molar-refractivity contribution >= 4 is 16.6 Å². The van der Waals surface area contributed by atoms with Crippen LogP contribution in [0.1, 0.15) is 12.6 Å². The maximum Gasteiger partial charge on any atom is 0.405 e. The molecular formula is C15H18F3N3. The molecule has 114 valence electrons. The van der Waals surface area contributed by atoms with Crippen LogP contribution in [-0.2, 0) is 6.54 Å². The largest absolute Gasteiger partial charge is 0.405 e. The molecule has 2 rings (SSSR count). The molecule has 0 atom stereocenters. The summed E-state index contributed by atoms with van der Waals surface area (Å²) in [6.07, 6.45) is -4.23. The standard InChI is InChI=1S/C15H18F3N3/c1-3-21(10-15(16,17)18)14-8-11(9-19-2)20-13-7-5-4-6-12(13)14/h4-8,19H,3,9-10H2,1-2H3. The molecule has 0 amide bonds. The van der Waals surface area contributed by atoms with Crippen molar-refractivity contribution in [2.24, 2.45) is 0 Å². The predicted molar refractivity (Wildman–Crippen MR) is 78.4 cm³/mol. The molecule has 21 heavy (non-hydrogen) atoms. The Morgan fingerprint density at radius 3 is 2.57 bits per heavy atom. The molecule has 1 N–H and O–H groups in total. The monoisotopic (exact) mass is 297 g/mol. The molecule has 0 unspecified atom stereocenters. The minimum Gasteiger partial charge on any atom is -0.362 e. The smallest absolute Gasteiger partial charge is 0.362 e. The first-order valence-electron chi connectivity index (χ1n) is 6.79. The molecule has 1 heterocycles. The van der Waals surface area contributed by atoms with Gasteiger partial charge in [0.15, 0.2) is 0 Å². The number of para-hydroxylation sites is 1. The van der Waals surface area contributed by atoms with Crippen molar-refractivity contribution in [1.82, 2.24) is 10.3 Å². The quantitative estimate of drug-likeness (QED) is 0.917. The van der Waals surface area contributed by atoms with Crippen LogP contribution in [0.25, 0.3) is 10.9 Å². The first kappa shape index (κ1) is 15.6. The van der Waals surface area contributed by atoms with Gasteiger partial charge >= 0.3 is 6.18 Å². The minimum atomic E-state index is -4.23. The van der Waals surface area contributed by atoms with Crippen LogP contribution in [0.4, 0.5) is 18.9 Å². The molecule has 0 bridgehead atoms. The molecule has 0 radical (unpaired) electrons. The molecule has 0 saturated heterocycles. The van der Waals surface area contributed by atoms with Crippen LogP contribution in [0, 0.1) is 0 Å². The second-order valence-corrected chi connectivity index (χ2v) is 4.81. The summed E-state index contributed by atoms with van der Waals surface area (Å²) in [5.41, 5.74) is 2.01. The number of fused-ring (bicyclic) bond motifs is 1. The van der Waals surface area contributed by atoms with Crippen molar-refractivity contribution in [3.05, 3.63) is 36.0 Å². The molecule has 1 aromatic carbocycles. The van der Waals surface area contributed by atoms with Gasteiger partial charge in [-0.25, -0.2) is 0 Å². The normalized spacial score (nSPS) is 11.9. The van der Waals surface area contributed by atoms with Gasteiger partial charge in [-0.1, -0.05) is 18.2 Å². The van der Waals surface area contributed by atoms with Crippen molar-refractivity contribution < 1.29 is 13.2 Å². The van der Waals surface area contributed by atoms with Crippen molar-refractivity contribution in [2.75, 3.05) is 25.0 Å². The van der Waals surface area contributed by atoms with Crippen LogP contribution in [-0.4, -0.2) is 31.3 Å². The van der Waals surface area contributed by atoms with E-state index in [0.29, 0.717) is 17.7 Å². The summed E-state index contributed by atoms with van der Waals surface area (Å²) in [6, 6.07) is 9.00. The third-order valence-electron chi connectivity index (χ3n) is 3.20. The summed E-state index contributed by atoms with van der Waals surface area (Å²) in [5, 5.41) is 3.72. The van der Waals surface area contributed by atoms with Crippen molar-refractivity contribution in [1.29, 1.82) is 0 Å². The molecule has 0 spiro atoms.